The molecule has 0 radical (unpaired) electrons. The van der Waals surface area contributed by atoms with Crippen molar-refractivity contribution in [3.05, 3.63) is 53.4 Å². The Balaban J connectivity index is 1.72. The van der Waals surface area contributed by atoms with E-state index in [4.69, 9.17) is 13.9 Å². The molecule has 32 heavy (non-hydrogen) atoms. The summed E-state index contributed by atoms with van der Waals surface area (Å²) in [5, 5.41) is 10.8. The normalized spacial score (nSPS) is 10.5. The van der Waals surface area contributed by atoms with Crippen LogP contribution in [0.1, 0.15) is 28.2 Å². The summed E-state index contributed by atoms with van der Waals surface area (Å²) >= 11 is 0. The van der Waals surface area contributed by atoms with E-state index in [0.717, 1.165) is 11.1 Å². The van der Waals surface area contributed by atoms with Crippen LogP contribution in [0.4, 0.5) is 5.69 Å². The molecule has 1 N–H and O–H groups in total. The molecule has 0 fully saturated rings. The lowest BCUT2D eigenvalue weighted by atomic mass is 10.1. The number of anilines is 1. The molecule has 9 heteroatoms. The standard InChI is InChI=1S/C23H26N4O5/c1-14-6-8-15(9-7-14)22-26-25-21(32-22)11-10-20(28)24-17-13-19(31-5)18(30-4)12-16(17)23(29)27(2)3/h6-9,12-13H,10-11H2,1-5H3,(H,24,28). The van der Waals surface area contributed by atoms with Crippen molar-refractivity contribution in [2.24, 2.45) is 0 Å². The number of aromatic nitrogens is 2. The smallest absolute Gasteiger partial charge is 0.255 e. The van der Waals surface area contributed by atoms with Crippen LogP contribution < -0.4 is 14.8 Å². The highest BCUT2D eigenvalue weighted by atomic mass is 16.5. The number of carbonyl (C=O) groups excluding carboxylic acids is 2. The van der Waals surface area contributed by atoms with Crippen molar-refractivity contribution in [1.82, 2.24) is 15.1 Å². The number of ether oxygens (including phenoxy) is 2. The monoisotopic (exact) mass is 438 g/mol. The fourth-order valence-electron chi connectivity index (χ4n) is 3.00. The summed E-state index contributed by atoms with van der Waals surface area (Å²) in [6.45, 7) is 2.00. The number of hydrogen-bond acceptors (Lipinski definition) is 7. The van der Waals surface area contributed by atoms with Gasteiger partial charge in [0, 0.05) is 38.6 Å². The third-order valence-corrected chi connectivity index (χ3v) is 4.77. The number of rotatable bonds is 8. The fourth-order valence-corrected chi connectivity index (χ4v) is 3.00. The molecule has 1 aromatic heterocycles. The van der Waals surface area contributed by atoms with Crippen LogP contribution in [0.25, 0.3) is 11.5 Å². The minimum atomic E-state index is -0.305. The average molecular weight is 438 g/mol. The summed E-state index contributed by atoms with van der Waals surface area (Å²) in [5.74, 6) is 0.968. The molecule has 0 atom stereocenters. The summed E-state index contributed by atoms with van der Waals surface area (Å²) in [7, 11) is 6.23. The topological polar surface area (TPSA) is 107 Å². The van der Waals surface area contributed by atoms with E-state index in [-0.39, 0.29) is 24.7 Å². The predicted molar refractivity (Wildman–Crippen MR) is 119 cm³/mol. The van der Waals surface area contributed by atoms with Gasteiger partial charge in [-0.1, -0.05) is 17.7 Å². The van der Waals surface area contributed by atoms with Gasteiger partial charge in [-0.2, -0.15) is 0 Å². The third-order valence-electron chi connectivity index (χ3n) is 4.77. The van der Waals surface area contributed by atoms with Gasteiger partial charge in [-0.25, -0.2) is 0 Å². The van der Waals surface area contributed by atoms with Crippen molar-refractivity contribution in [3.8, 4) is 23.0 Å². The van der Waals surface area contributed by atoms with E-state index in [1.54, 1.807) is 26.2 Å². The highest BCUT2D eigenvalue weighted by Crippen LogP contribution is 2.34. The molecule has 0 unspecified atom stereocenters. The van der Waals surface area contributed by atoms with Gasteiger partial charge in [0.05, 0.1) is 25.5 Å². The highest BCUT2D eigenvalue weighted by molar-refractivity contribution is 6.04. The first-order chi connectivity index (χ1) is 15.3. The van der Waals surface area contributed by atoms with Crippen LogP contribution in [0.5, 0.6) is 11.5 Å². The van der Waals surface area contributed by atoms with Crippen LogP contribution in [0, 0.1) is 6.92 Å². The SMILES string of the molecule is COc1cc(NC(=O)CCc2nnc(-c3ccc(C)cc3)o2)c(C(=O)N(C)C)cc1OC. The number of nitrogens with zero attached hydrogens (tertiary/aromatic N) is 3. The van der Waals surface area contributed by atoms with Gasteiger partial charge in [-0.15, -0.1) is 10.2 Å². The molecule has 168 valence electrons. The van der Waals surface area contributed by atoms with E-state index in [1.807, 2.05) is 31.2 Å². The average Bonchev–Trinajstić information content (AvgIpc) is 3.26. The second kappa shape index (κ2) is 9.95. The molecule has 2 aromatic carbocycles. The number of benzene rings is 2. The first kappa shape index (κ1) is 22.8. The third kappa shape index (κ3) is 5.23. The summed E-state index contributed by atoms with van der Waals surface area (Å²) in [4.78, 5) is 26.6. The molecule has 0 aliphatic rings. The van der Waals surface area contributed by atoms with Gasteiger partial charge in [0.1, 0.15) is 0 Å². The predicted octanol–water partition coefficient (Wildman–Crippen LogP) is 3.34. The van der Waals surface area contributed by atoms with Gasteiger partial charge < -0.3 is 24.1 Å². The maximum Gasteiger partial charge on any atom is 0.255 e. The van der Waals surface area contributed by atoms with E-state index in [0.29, 0.717) is 34.5 Å². The zero-order valence-electron chi connectivity index (χ0n) is 18.8. The van der Waals surface area contributed by atoms with Crippen LogP contribution >= 0.6 is 0 Å². The summed E-state index contributed by atoms with van der Waals surface area (Å²) in [5.41, 5.74) is 2.57. The maximum absolute atomic E-state index is 12.6. The van der Waals surface area contributed by atoms with E-state index in [9.17, 15) is 9.59 Å². The molecule has 0 spiro atoms. The molecule has 2 amide bonds. The summed E-state index contributed by atoms with van der Waals surface area (Å²) < 4.78 is 16.3. The summed E-state index contributed by atoms with van der Waals surface area (Å²) in [6, 6.07) is 10.8. The van der Waals surface area contributed by atoms with Gasteiger partial charge in [-0.3, -0.25) is 9.59 Å². The fraction of sp³-hybridized carbons (Fsp3) is 0.304. The minimum Gasteiger partial charge on any atom is -0.493 e. The lowest BCUT2D eigenvalue weighted by Crippen LogP contribution is -2.24. The molecular weight excluding hydrogens is 412 g/mol. The Bertz CT molecular complexity index is 1110. The minimum absolute atomic E-state index is 0.0967. The van der Waals surface area contributed by atoms with Gasteiger partial charge in [-0.05, 0) is 25.1 Å². The second-order valence-corrected chi connectivity index (χ2v) is 7.37. The number of amides is 2. The quantitative estimate of drug-likeness (QED) is 0.575. The molecule has 0 aliphatic heterocycles. The van der Waals surface area contributed by atoms with Crippen LogP contribution in [-0.2, 0) is 11.2 Å². The molecule has 3 rings (SSSR count). The van der Waals surface area contributed by atoms with Gasteiger partial charge >= 0.3 is 0 Å². The second-order valence-electron chi connectivity index (χ2n) is 7.37. The molecule has 0 saturated carbocycles. The Hall–Kier alpha value is -3.88. The van der Waals surface area contributed by atoms with E-state index in [1.165, 1.54) is 19.1 Å². The van der Waals surface area contributed by atoms with Crippen molar-refractivity contribution in [2.45, 2.75) is 19.8 Å². The molecule has 3 aromatic rings. The Labute approximate surface area is 186 Å². The highest BCUT2D eigenvalue weighted by Gasteiger charge is 2.20. The molecule has 0 aliphatic carbocycles. The Morgan fingerprint density at radius 1 is 1.03 bits per heavy atom. The number of carbonyl (C=O) groups is 2. The molecule has 0 saturated heterocycles. The van der Waals surface area contributed by atoms with Crippen molar-refractivity contribution >= 4 is 17.5 Å². The number of aryl methyl sites for hydroxylation is 2. The summed E-state index contributed by atoms with van der Waals surface area (Å²) in [6.07, 6.45) is 0.356. The van der Waals surface area contributed by atoms with Crippen molar-refractivity contribution in [1.29, 1.82) is 0 Å². The Morgan fingerprint density at radius 3 is 2.31 bits per heavy atom. The van der Waals surface area contributed by atoms with Crippen LogP contribution in [0.2, 0.25) is 0 Å². The molecule has 9 nitrogen and oxygen atoms in total. The first-order valence-electron chi connectivity index (χ1n) is 9.99. The number of nitrogens with one attached hydrogen (secondary N) is 1. The van der Waals surface area contributed by atoms with Crippen LogP contribution in [-0.4, -0.2) is 55.2 Å². The van der Waals surface area contributed by atoms with Crippen molar-refractivity contribution < 1.29 is 23.5 Å². The van der Waals surface area contributed by atoms with Gasteiger partial charge in [0.15, 0.2) is 11.5 Å². The lowest BCUT2D eigenvalue weighted by molar-refractivity contribution is -0.116. The zero-order valence-corrected chi connectivity index (χ0v) is 18.8. The van der Waals surface area contributed by atoms with Crippen LogP contribution in [0.15, 0.2) is 40.8 Å². The number of hydrogen-bond donors (Lipinski definition) is 1. The van der Waals surface area contributed by atoms with E-state index in [2.05, 4.69) is 15.5 Å². The van der Waals surface area contributed by atoms with Crippen molar-refractivity contribution in [3.63, 3.8) is 0 Å². The maximum atomic E-state index is 12.6. The molecular formula is C23H26N4O5. The number of methoxy groups -OCH3 is 2. The Kier molecular flexibility index (Phi) is 7.09. The Morgan fingerprint density at radius 2 is 1.69 bits per heavy atom. The molecule has 0 bridgehead atoms. The van der Waals surface area contributed by atoms with Gasteiger partial charge in [0.2, 0.25) is 17.7 Å². The van der Waals surface area contributed by atoms with Crippen molar-refractivity contribution in [2.75, 3.05) is 33.6 Å². The largest absolute Gasteiger partial charge is 0.493 e. The van der Waals surface area contributed by atoms with Gasteiger partial charge in [0.25, 0.3) is 5.91 Å². The lowest BCUT2D eigenvalue weighted by Gasteiger charge is -2.17. The van der Waals surface area contributed by atoms with Crippen LogP contribution in [0.3, 0.4) is 0 Å². The van der Waals surface area contributed by atoms with E-state index >= 15 is 0 Å². The van der Waals surface area contributed by atoms with E-state index < -0.39 is 0 Å². The zero-order chi connectivity index (χ0) is 23.3. The first-order valence-corrected chi connectivity index (χ1v) is 9.99. The molecule has 1 heterocycles.